The number of ether oxygens (including phenoxy) is 2. The standard InChI is InChI=1S/C13H23N3O2/c1-10-8-16(12-4-6-18-7-5-12)13(14-10)15-11(2)9-17-3/h8,11-12H,4-7,9H2,1-3H3,(H,14,15). The summed E-state index contributed by atoms with van der Waals surface area (Å²) in [6.07, 6.45) is 4.24. The van der Waals surface area contributed by atoms with Crippen molar-refractivity contribution >= 4 is 5.95 Å². The van der Waals surface area contributed by atoms with E-state index in [1.807, 2.05) is 6.92 Å². The summed E-state index contributed by atoms with van der Waals surface area (Å²) in [5, 5.41) is 3.42. The molecule has 5 heteroatoms. The van der Waals surface area contributed by atoms with Crippen molar-refractivity contribution in [2.75, 3.05) is 32.2 Å². The lowest BCUT2D eigenvalue weighted by atomic mass is 10.1. The Labute approximate surface area is 108 Å². The van der Waals surface area contributed by atoms with Crippen LogP contribution in [-0.2, 0) is 9.47 Å². The molecule has 0 bridgehead atoms. The predicted molar refractivity (Wildman–Crippen MR) is 71.0 cm³/mol. The van der Waals surface area contributed by atoms with Gasteiger partial charge in [0, 0.05) is 38.6 Å². The highest BCUT2D eigenvalue weighted by molar-refractivity contribution is 5.31. The molecule has 1 aromatic heterocycles. The summed E-state index contributed by atoms with van der Waals surface area (Å²) in [5.74, 6) is 0.948. The summed E-state index contributed by atoms with van der Waals surface area (Å²) in [6.45, 7) is 6.49. The van der Waals surface area contributed by atoms with E-state index >= 15 is 0 Å². The van der Waals surface area contributed by atoms with Crippen LogP contribution >= 0.6 is 0 Å². The minimum Gasteiger partial charge on any atom is -0.383 e. The Bertz CT molecular complexity index is 372. The molecule has 0 amide bonds. The van der Waals surface area contributed by atoms with E-state index in [0.29, 0.717) is 12.6 Å². The van der Waals surface area contributed by atoms with Gasteiger partial charge in [-0.1, -0.05) is 0 Å². The first-order valence-corrected chi connectivity index (χ1v) is 6.59. The molecule has 18 heavy (non-hydrogen) atoms. The topological polar surface area (TPSA) is 48.3 Å². The van der Waals surface area contributed by atoms with Crippen LogP contribution in [0.5, 0.6) is 0 Å². The van der Waals surface area contributed by atoms with E-state index < -0.39 is 0 Å². The molecule has 1 aromatic rings. The molecule has 0 radical (unpaired) electrons. The Hall–Kier alpha value is -1.07. The van der Waals surface area contributed by atoms with Crippen LogP contribution in [0.4, 0.5) is 5.95 Å². The van der Waals surface area contributed by atoms with Gasteiger partial charge in [0.25, 0.3) is 0 Å². The third kappa shape index (κ3) is 3.23. The van der Waals surface area contributed by atoms with Crippen molar-refractivity contribution < 1.29 is 9.47 Å². The van der Waals surface area contributed by atoms with Crippen molar-refractivity contribution in [2.24, 2.45) is 0 Å². The van der Waals surface area contributed by atoms with E-state index in [2.05, 4.69) is 28.0 Å². The molecule has 0 saturated carbocycles. The van der Waals surface area contributed by atoms with Gasteiger partial charge >= 0.3 is 0 Å². The maximum absolute atomic E-state index is 5.41. The van der Waals surface area contributed by atoms with Gasteiger partial charge in [0.2, 0.25) is 5.95 Å². The van der Waals surface area contributed by atoms with Gasteiger partial charge in [0.05, 0.1) is 12.3 Å². The fourth-order valence-electron chi connectivity index (χ4n) is 2.38. The molecule has 2 rings (SSSR count). The van der Waals surface area contributed by atoms with Crippen LogP contribution in [0, 0.1) is 6.92 Å². The third-order valence-electron chi connectivity index (χ3n) is 3.23. The van der Waals surface area contributed by atoms with E-state index in [0.717, 1.165) is 37.7 Å². The van der Waals surface area contributed by atoms with E-state index in [9.17, 15) is 0 Å². The molecule has 5 nitrogen and oxygen atoms in total. The van der Waals surface area contributed by atoms with Gasteiger partial charge in [-0.25, -0.2) is 4.98 Å². The molecular weight excluding hydrogens is 230 g/mol. The number of hydrogen-bond donors (Lipinski definition) is 1. The number of rotatable bonds is 5. The Kier molecular flexibility index (Phi) is 4.60. The third-order valence-corrected chi connectivity index (χ3v) is 3.23. The second kappa shape index (κ2) is 6.20. The van der Waals surface area contributed by atoms with Crippen LogP contribution in [0.25, 0.3) is 0 Å². The molecule has 1 saturated heterocycles. The highest BCUT2D eigenvalue weighted by Crippen LogP contribution is 2.25. The maximum atomic E-state index is 5.41. The summed E-state index contributed by atoms with van der Waals surface area (Å²) in [5.41, 5.74) is 1.05. The van der Waals surface area contributed by atoms with E-state index in [-0.39, 0.29) is 6.04 Å². The van der Waals surface area contributed by atoms with Crippen molar-refractivity contribution in [3.05, 3.63) is 11.9 Å². The molecule has 2 heterocycles. The minimum atomic E-state index is 0.260. The van der Waals surface area contributed by atoms with Crippen molar-refractivity contribution in [1.29, 1.82) is 0 Å². The SMILES string of the molecule is COCC(C)Nc1nc(C)cn1C1CCOCC1. The first kappa shape index (κ1) is 13.4. The predicted octanol–water partition coefficient (Wildman–Crippen LogP) is 1.99. The van der Waals surface area contributed by atoms with Crippen LogP contribution in [0.3, 0.4) is 0 Å². The van der Waals surface area contributed by atoms with Gasteiger partial charge in [-0.05, 0) is 26.7 Å². The quantitative estimate of drug-likeness (QED) is 0.872. The number of hydrogen-bond acceptors (Lipinski definition) is 4. The van der Waals surface area contributed by atoms with Gasteiger partial charge < -0.3 is 19.4 Å². The Balaban J connectivity index is 2.09. The number of methoxy groups -OCH3 is 1. The minimum absolute atomic E-state index is 0.260. The zero-order valence-corrected chi connectivity index (χ0v) is 11.5. The second-order valence-corrected chi connectivity index (χ2v) is 4.96. The maximum Gasteiger partial charge on any atom is 0.203 e. The fourth-order valence-corrected chi connectivity index (χ4v) is 2.38. The summed E-state index contributed by atoms with van der Waals surface area (Å²) in [6, 6.07) is 0.757. The van der Waals surface area contributed by atoms with Crippen LogP contribution in [0.2, 0.25) is 0 Å². The summed E-state index contributed by atoms with van der Waals surface area (Å²) in [4.78, 5) is 4.56. The lowest BCUT2D eigenvalue weighted by Crippen LogP contribution is -2.26. The van der Waals surface area contributed by atoms with E-state index in [1.54, 1.807) is 7.11 Å². The first-order valence-electron chi connectivity index (χ1n) is 6.59. The Morgan fingerprint density at radius 3 is 2.94 bits per heavy atom. The summed E-state index contributed by atoms with van der Waals surface area (Å²) in [7, 11) is 1.72. The zero-order valence-electron chi connectivity index (χ0n) is 11.5. The smallest absolute Gasteiger partial charge is 0.203 e. The van der Waals surface area contributed by atoms with Gasteiger partial charge in [0.1, 0.15) is 0 Å². The normalized spacial score (nSPS) is 18.8. The zero-order chi connectivity index (χ0) is 13.0. The number of nitrogens with zero attached hydrogens (tertiary/aromatic N) is 2. The lowest BCUT2D eigenvalue weighted by Gasteiger charge is -2.26. The van der Waals surface area contributed by atoms with Gasteiger partial charge in [-0.2, -0.15) is 0 Å². The second-order valence-electron chi connectivity index (χ2n) is 4.96. The number of nitrogens with one attached hydrogen (secondary N) is 1. The van der Waals surface area contributed by atoms with E-state index in [1.165, 1.54) is 0 Å². The van der Waals surface area contributed by atoms with Gasteiger partial charge in [-0.15, -0.1) is 0 Å². The molecule has 1 aliphatic rings. The molecule has 0 aromatic carbocycles. The van der Waals surface area contributed by atoms with Gasteiger partial charge in [0.15, 0.2) is 0 Å². The van der Waals surface area contributed by atoms with Gasteiger partial charge in [-0.3, -0.25) is 0 Å². The number of aromatic nitrogens is 2. The molecule has 0 aliphatic carbocycles. The van der Waals surface area contributed by atoms with Crippen molar-refractivity contribution in [2.45, 2.75) is 38.8 Å². The average Bonchev–Trinajstić information content (AvgIpc) is 2.71. The average molecular weight is 253 g/mol. The lowest BCUT2D eigenvalue weighted by molar-refractivity contribution is 0.0700. The highest BCUT2D eigenvalue weighted by Gasteiger charge is 2.19. The summed E-state index contributed by atoms with van der Waals surface area (Å²) >= 11 is 0. The van der Waals surface area contributed by atoms with Crippen molar-refractivity contribution in [3.8, 4) is 0 Å². The largest absolute Gasteiger partial charge is 0.383 e. The molecular formula is C13H23N3O2. The van der Waals surface area contributed by atoms with Crippen LogP contribution < -0.4 is 5.32 Å². The first-order chi connectivity index (χ1) is 8.70. The molecule has 1 N–H and O–H groups in total. The molecule has 1 fully saturated rings. The number of aryl methyl sites for hydroxylation is 1. The van der Waals surface area contributed by atoms with Crippen LogP contribution in [-0.4, -0.2) is 42.5 Å². The molecule has 1 atom stereocenters. The van der Waals surface area contributed by atoms with Crippen LogP contribution in [0.15, 0.2) is 6.20 Å². The van der Waals surface area contributed by atoms with Crippen LogP contribution in [0.1, 0.15) is 31.5 Å². The molecule has 1 unspecified atom stereocenters. The molecule has 1 aliphatic heterocycles. The van der Waals surface area contributed by atoms with Crippen molar-refractivity contribution in [1.82, 2.24) is 9.55 Å². The number of imidazole rings is 1. The van der Waals surface area contributed by atoms with Crippen molar-refractivity contribution in [3.63, 3.8) is 0 Å². The van der Waals surface area contributed by atoms with E-state index in [4.69, 9.17) is 9.47 Å². The Morgan fingerprint density at radius 2 is 2.28 bits per heavy atom. The summed E-state index contributed by atoms with van der Waals surface area (Å²) < 4.78 is 12.8. The monoisotopic (exact) mass is 253 g/mol. The number of anilines is 1. The molecule has 102 valence electrons. The highest BCUT2D eigenvalue weighted by atomic mass is 16.5. The molecule has 0 spiro atoms. The fraction of sp³-hybridized carbons (Fsp3) is 0.769. The Morgan fingerprint density at radius 1 is 1.56 bits per heavy atom.